The van der Waals surface area contributed by atoms with Gasteiger partial charge in [0.15, 0.2) is 15.5 Å². The van der Waals surface area contributed by atoms with Crippen LogP contribution in [0.2, 0.25) is 0 Å². The highest BCUT2D eigenvalue weighted by molar-refractivity contribution is 14.1. The quantitative estimate of drug-likeness (QED) is 0.280. The van der Waals surface area contributed by atoms with E-state index >= 15 is 0 Å². The molecule has 0 aromatic heterocycles. The van der Waals surface area contributed by atoms with E-state index in [1.165, 1.54) is 28.0 Å². The molecule has 0 radical (unpaired) electrons. The summed E-state index contributed by atoms with van der Waals surface area (Å²) in [4.78, 5) is 6.72. The van der Waals surface area contributed by atoms with Crippen LogP contribution in [0.3, 0.4) is 0 Å². The van der Waals surface area contributed by atoms with Gasteiger partial charge in [0, 0.05) is 9.64 Å². The molecule has 0 atom stereocenters. The fraction of sp³-hybridized carbons (Fsp3) is 0.0526. The van der Waals surface area contributed by atoms with Crippen molar-refractivity contribution in [2.75, 3.05) is 7.11 Å². The SMILES string of the molecule is COc1ccc(I)cc1[S+]1c2ccccc2Sc2ccccc21. The lowest BCUT2D eigenvalue weighted by atomic mass is 10.3. The Morgan fingerprint density at radius 3 is 2.04 bits per heavy atom. The number of halogens is 1. The van der Waals surface area contributed by atoms with Crippen LogP contribution in [0.25, 0.3) is 0 Å². The molecule has 0 N–H and O–H groups in total. The van der Waals surface area contributed by atoms with E-state index in [-0.39, 0.29) is 10.9 Å². The molecule has 0 spiro atoms. The second-order valence-corrected chi connectivity index (χ2v) is 9.36. The molecule has 0 amide bonds. The largest absolute Gasteiger partial charge is 0.491 e. The lowest BCUT2D eigenvalue weighted by Gasteiger charge is -2.19. The Morgan fingerprint density at radius 2 is 1.43 bits per heavy atom. The van der Waals surface area contributed by atoms with Crippen molar-refractivity contribution in [3.05, 3.63) is 70.3 Å². The maximum Gasteiger partial charge on any atom is 0.209 e. The summed E-state index contributed by atoms with van der Waals surface area (Å²) in [7, 11) is 1.63. The first-order valence-corrected chi connectivity index (χ1v) is 10.3. The van der Waals surface area contributed by atoms with Gasteiger partial charge in [0.1, 0.15) is 10.9 Å². The van der Waals surface area contributed by atoms with E-state index in [1.54, 1.807) is 7.11 Å². The molecular weight excluding hydrogens is 435 g/mol. The monoisotopic (exact) mass is 449 g/mol. The van der Waals surface area contributed by atoms with Crippen molar-refractivity contribution in [2.24, 2.45) is 0 Å². The lowest BCUT2D eigenvalue weighted by molar-refractivity contribution is 0.404. The van der Waals surface area contributed by atoms with E-state index in [9.17, 15) is 0 Å². The van der Waals surface area contributed by atoms with Crippen LogP contribution < -0.4 is 4.74 Å². The predicted octanol–water partition coefficient (Wildman–Crippen LogP) is 5.86. The molecule has 0 fully saturated rings. The Morgan fingerprint density at radius 1 is 0.826 bits per heavy atom. The normalized spacial score (nSPS) is 13.3. The first-order chi connectivity index (χ1) is 11.3. The molecule has 1 aliphatic rings. The lowest BCUT2D eigenvalue weighted by Crippen LogP contribution is -2.12. The Balaban J connectivity index is 2.00. The first-order valence-electron chi connectivity index (χ1n) is 7.21. The number of rotatable bonds is 2. The minimum Gasteiger partial charge on any atom is -0.491 e. The molecule has 4 rings (SSSR count). The Kier molecular flexibility index (Phi) is 4.30. The van der Waals surface area contributed by atoms with Gasteiger partial charge in [-0.1, -0.05) is 36.0 Å². The van der Waals surface area contributed by atoms with Crippen LogP contribution in [0.1, 0.15) is 0 Å². The Bertz CT molecular complexity index is 833. The van der Waals surface area contributed by atoms with Crippen molar-refractivity contribution in [3.63, 3.8) is 0 Å². The summed E-state index contributed by atoms with van der Waals surface area (Å²) in [5.74, 6) is 0.963. The molecule has 3 aromatic rings. The summed E-state index contributed by atoms with van der Waals surface area (Å²) in [6.07, 6.45) is 0. The third-order valence-electron chi connectivity index (χ3n) is 3.70. The maximum absolute atomic E-state index is 5.68. The van der Waals surface area contributed by atoms with Gasteiger partial charge in [0.05, 0.1) is 16.9 Å². The molecule has 4 heteroatoms. The van der Waals surface area contributed by atoms with Gasteiger partial charge in [0.25, 0.3) is 0 Å². The van der Waals surface area contributed by atoms with Gasteiger partial charge in [0.2, 0.25) is 4.90 Å². The molecular formula is C19H14IOS2+. The highest BCUT2D eigenvalue weighted by atomic mass is 127. The highest BCUT2D eigenvalue weighted by Crippen LogP contribution is 2.49. The Hall–Kier alpha value is -1.11. The van der Waals surface area contributed by atoms with Crippen molar-refractivity contribution in [1.29, 1.82) is 0 Å². The molecule has 1 aliphatic heterocycles. The van der Waals surface area contributed by atoms with Gasteiger partial charge >= 0.3 is 0 Å². The summed E-state index contributed by atoms with van der Waals surface area (Å²) in [6, 6.07) is 23.9. The highest BCUT2D eigenvalue weighted by Gasteiger charge is 2.39. The van der Waals surface area contributed by atoms with Gasteiger partial charge in [-0.05, 0) is 59.0 Å². The van der Waals surface area contributed by atoms with Gasteiger partial charge in [-0.3, -0.25) is 0 Å². The fourth-order valence-corrected chi connectivity index (χ4v) is 7.29. The molecule has 3 aromatic carbocycles. The average Bonchev–Trinajstić information content (AvgIpc) is 2.59. The predicted molar refractivity (Wildman–Crippen MR) is 105 cm³/mol. The van der Waals surface area contributed by atoms with E-state index < -0.39 is 0 Å². The number of hydrogen-bond acceptors (Lipinski definition) is 2. The molecule has 1 heterocycles. The van der Waals surface area contributed by atoms with Gasteiger partial charge in [-0.15, -0.1) is 0 Å². The van der Waals surface area contributed by atoms with Crippen LogP contribution in [0.5, 0.6) is 5.75 Å². The third kappa shape index (κ3) is 2.77. The summed E-state index contributed by atoms with van der Waals surface area (Å²) < 4.78 is 6.92. The van der Waals surface area contributed by atoms with Crippen LogP contribution in [0.15, 0.2) is 91.2 Å². The molecule has 0 saturated heterocycles. The van der Waals surface area contributed by atoms with Crippen LogP contribution in [0.4, 0.5) is 0 Å². The molecule has 0 aliphatic carbocycles. The molecule has 0 bridgehead atoms. The molecule has 0 unspecified atom stereocenters. The number of hydrogen-bond donors (Lipinski definition) is 0. The van der Waals surface area contributed by atoms with Crippen LogP contribution in [0, 0.1) is 3.57 Å². The summed E-state index contributed by atoms with van der Waals surface area (Å²) >= 11 is 4.24. The number of methoxy groups -OCH3 is 1. The van der Waals surface area contributed by atoms with Crippen LogP contribution in [-0.2, 0) is 10.9 Å². The second-order valence-electron chi connectivity index (χ2n) is 5.10. The van der Waals surface area contributed by atoms with Crippen molar-refractivity contribution in [2.45, 2.75) is 24.5 Å². The van der Waals surface area contributed by atoms with Gasteiger partial charge < -0.3 is 4.74 Å². The van der Waals surface area contributed by atoms with E-state index in [2.05, 4.69) is 89.3 Å². The van der Waals surface area contributed by atoms with E-state index in [4.69, 9.17) is 4.74 Å². The van der Waals surface area contributed by atoms with Crippen molar-refractivity contribution >= 4 is 45.2 Å². The maximum atomic E-state index is 5.68. The average molecular weight is 449 g/mol. The van der Waals surface area contributed by atoms with E-state index in [1.807, 2.05) is 11.8 Å². The second kappa shape index (κ2) is 6.42. The number of ether oxygens (including phenoxy) is 1. The topological polar surface area (TPSA) is 9.23 Å². The number of benzene rings is 3. The zero-order chi connectivity index (χ0) is 15.8. The smallest absolute Gasteiger partial charge is 0.209 e. The zero-order valence-corrected chi connectivity index (χ0v) is 16.2. The molecule has 0 saturated carbocycles. The van der Waals surface area contributed by atoms with E-state index in [0.29, 0.717) is 0 Å². The molecule has 23 heavy (non-hydrogen) atoms. The summed E-state index contributed by atoms with van der Waals surface area (Å²) in [5.41, 5.74) is 0. The number of fused-ring (bicyclic) bond motifs is 2. The van der Waals surface area contributed by atoms with Crippen LogP contribution >= 0.6 is 34.4 Å². The van der Waals surface area contributed by atoms with Gasteiger partial charge in [-0.25, -0.2) is 0 Å². The van der Waals surface area contributed by atoms with Gasteiger partial charge in [-0.2, -0.15) is 0 Å². The Labute approximate surface area is 156 Å². The minimum atomic E-state index is -0.130. The first kappa shape index (κ1) is 15.4. The van der Waals surface area contributed by atoms with Crippen molar-refractivity contribution < 1.29 is 4.74 Å². The fourth-order valence-electron chi connectivity index (χ4n) is 2.69. The minimum absolute atomic E-state index is 0.130. The summed E-state index contributed by atoms with van der Waals surface area (Å²) in [5, 5.41) is 0. The molecule has 114 valence electrons. The van der Waals surface area contributed by atoms with E-state index in [0.717, 1.165) is 5.75 Å². The molecule has 1 nitrogen and oxygen atoms in total. The zero-order valence-electron chi connectivity index (χ0n) is 12.5. The van der Waals surface area contributed by atoms with Crippen molar-refractivity contribution in [1.82, 2.24) is 0 Å². The third-order valence-corrected chi connectivity index (χ3v) is 8.14. The standard InChI is InChI=1S/C19H14IOS2/c1-21-14-11-10-13(20)12-19(14)23-17-8-4-2-6-15(17)22-16-7-3-5-9-18(16)23/h2-12H,1H3/q+1. The summed E-state index contributed by atoms with van der Waals surface area (Å²) in [6.45, 7) is 0. The van der Waals surface area contributed by atoms with Crippen molar-refractivity contribution in [3.8, 4) is 5.75 Å². The van der Waals surface area contributed by atoms with Crippen LogP contribution in [-0.4, -0.2) is 7.11 Å².